The van der Waals surface area contributed by atoms with Crippen molar-refractivity contribution in [3.05, 3.63) is 31.8 Å². The molecule has 0 saturated heterocycles. The number of rotatable bonds is 1. The molecule has 0 aliphatic carbocycles. The lowest BCUT2D eigenvalue weighted by molar-refractivity contribution is 0.841. The molecule has 2 nitrogen and oxygen atoms in total. The molecule has 0 amide bonds. The molecular formula is C8H10INO. The van der Waals surface area contributed by atoms with E-state index in [1.165, 1.54) is 0 Å². The Kier molecular flexibility index (Phi) is 2.70. The molecule has 11 heavy (non-hydrogen) atoms. The summed E-state index contributed by atoms with van der Waals surface area (Å²) < 4.78 is 0.886. The first-order valence-corrected chi connectivity index (χ1v) is 4.58. The topological polar surface area (TPSA) is 32.9 Å². The van der Waals surface area contributed by atoms with Crippen molar-refractivity contribution in [3.63, 3.8) is 0 Å². The average Bonchev–Trinajstić information content (AvgIpc) is 1.85. The molecule has 1 aromatic heterocycles. The maximum absolute atomic E-state index is 11.2. The van der Waals surface area contributed by atoms with E-state index in [-0.39, 0.29) is 5.56 Å². The van der Waals surface area contributed by atoms with Gasteiger partial charge in [-0.15, -0.1) is 0 Å². The van der Waals surface area contributed by atoms with Gasteiger partial charge in [-0.2, -0.15) is 0 Å². The monoisotopic (exact) mass is 263 g/mol. The summed E-state index contributed by atoms with van der Waals surface area (Å²) in [7, 11) is 0. The Morgan fingerprint density at radius 1 is 1.45 bits per heavy atom. The number of aromatic amines is 1. The molecule has 0 aliphatic rings. The Balaban J connectivity index is 3.21. The van der Waals surface area contributed by atoms with Gasteiger partial charge in [-0.25, -0.2) is 0 Å². The van der Waals surface area contributed by atoms with Crippen LogP contribution in [0.15, 0.2) is 16.9 Å². The highest BCUT2D eigenvalue weighted by molar-refractivity contribution is 14.1. The Hall–Kier alpha value is -0.320. The number of nitrogens with one attached hydrogen (secondary N) is 1. The highest BCUT2D eigenvalue weighted by atomic mass is 127. The van der Waals surface area contributed by atoms with Gasteiger partial charge in [0.1, 0.15) is 0 Å². The first kappa shape index (κ1) is 8.77. The zero-order valence-corrected chi connectivity index (χ0v) is 8.68. The van der Waals surface area contributed by atoms with Crippen molar-refractivity contribution in [1.29, 1.82) is 0 Å². The first-order chi connectivity index (χ1) is 5.11. The SMILES string of the molecule is CC(C)c1ccc(I)[nH]c1=O. The van der Waals surface area contributed by atoms with E-state index in [1.807, 2.05) is 26.0 Å². The molecule has 1 N–H and O–H groups in total. The predicted octanol–water partition coefficient (Wildman–Crippen LogP) is 2.10. The zero-order chi connectivity index (χ0) is 8.43. The number of pyridine rings is 1. The number of hydrogen-bond acceptors (Lipinski definition) is 1. The van der Waals surface area contributed by atoms with Crippen LogP contribution in [0.3, 0.4) is 0 Å². The predicted molar refractivity (Wildman–Crippen MR) is 53.9 cm³/mol. The van der Waals surface area contributed by atoms with Gasteiger partial charge < -0.3 is 4.98 Å². The number of halogens is 1. The number of H-pyrrole nitrogens is 1. The van der Waals surface area contributed by atoms with Crippen LogP contribution in [-0.2, 0) is 0 Å². The van der Waals surface area contributed by atoms with Crippen LogP contribution in [0.1, 0.15) is 25.3 Å². The molecule has 3 heteroatoms. The summed E-state index contributed by atoms with van der Waals surface area (Å²) in [6.45, 7) is 4.02. The average molecular weight is 263 g/mol. The Labute approximate surface area is 79.2 Å². The van der Waals surface area contributed by atoms with Crippen molar-refractivity contribution in [3.8, 4) is 0 Å². The molecule has 0 aliphatic heterocycles. The molecular weight excluding hydrogens is 253 g/mol. The van der Waals surface area contributed by atoms with Crippen molar-refractivity contribution in [1.82, 2.24) is 4.98 Å². The van der Waals surface area contributed by atoms with Gasteiger partial charge in [-0.1, -0.05) is 19.9 Å². The molecule has 1 rings (SSSR count). The number of hydrogen-bond donors (Lipinski definition) is 1. The second kappa shape index (κ2) is 3.38. The van der Waals surface area contributed by atoms with Gasteiger partial charge in [-0.3, -0.25) is 4.79 Å². The fourth-order valence-corrected chi connectivity index (χ4v) is 1.34. The molecule has 1 aromatic rings. The molecule has 0 radical (unpaired) electrons. The maximum atomic E-state index is 11.2. The fourth-order valence-electron chi connectivity index (χ4n) is 0.916. The quantitative estimate of drug-likeness (QED) is 0.610. The molecule has 1 heterocycles. The summed E-state index contributed by atoms with van der Waals surface area (Å²) in [5, 5.41) is 0. The van der Waals surface area contributed by atoms with E-state index in [2.05, 4.69) is 27.6 Å². The number of aromatic nitrogens is 1. The van der Waals surface area contributed by atoms with Gasteiger partial charge in [0, 0.05) is 5.56 Å². The Bertz CT molecular complexity index is 303. The summed E-state index contributed by atoms with van der Waals surface area (Å²) in [4.78, 5) is 14.0. The summed E-state index contributed by atoms with van der Waals surface area (Å²) in [6, 6.07) is 3.79. The normalized spacial score (nSPS) is 10.5. The van der Waals surface area contributed by atoms with Crippen LogP contribution in [-0.4, -0.2) is 4.98 Å². The van der Waals surface area contributed by atoms with Crippen molar-refractivity contribution >= 4 is 22.6 Å². The minimum Gasteiger partial charge on any atom is -0.317 e. The van der Waals surface area contributed by atoms with Gasteiger partial charge in [0.05, 0.1) is 3.70 Å². The lowest BCUT2D eigenvalue weighted by Gasteiger charge is -2.02. The van der Waals surface area contributed by atoms with Crippen LogP contribution < -0.4 is 5.56 Å². The molecule has 0 bridgehead atoms. The molecule has 0 saturated carbocycles. The first-order valence-electron chi connectivity index (χ1n) is 3.50. The van der Waals surface area contributed by atoms with Crippen LogP contribution in [0, 0.1) is 3.70 Å². The molecule has 0 unspecified atom stereocenters. The van der Waals surface area contributed by atoms with Crippen molar-refractivity contribution in [2.45, 2.75) is 19.8 Å². The second-order valence-electron chi connectivity index (χ2n) is 2.75. The summed E-state index contributed by atoms with van der Waals surface area (Å²) >= 11 is 2.09. The lowest BCUT2D eigenvalue weighted by atomic mass is 10.1. The Morgan fingerprint density at radius 2 is 2.09 bits per heavy atom. The summed E-state index contributed by atoms with van der Waals surface area (Å²) in [6.07, 6.45) is 0. The van der Waals surface area contributed by atoms with Gasteiger partial charge in [0.2, 0.25) is 0 Å². The van der Waals surface area contributed by atoms with Crippen LogP contribution in [0.25, 0.3) is 0 Å². The lowest BCUT2D eigenvalue weighted by Crippen LogP contribution is -2.13. The van der Waals surface area contributed by atoms with E-state index < -0.39 is 0 Å². The van der Waals surface area contributed by atoms with E-state index >= 15 is 0 Å². The van der Waals surface area contributed by atoms with Gasteiger partial charge in [-0.05, 0) is 34.6 Å². The minimum atomic E-state index is 0.0342. The molecule has 0 fully saturated rings. The van der Waals surface area contributed by atoms with Gasteiger partial charge in [0.25, 0.3) is 5.56 Å². The smallest absolute Gasteiger partial charge is 0.252 e. The van der Waals surface area contributed by atoms with Gasteiger partial charge in [0.15, 0.2) is 0 Å². The third-order valence-electron chi connectivity index (χ3n) is 1.53. The third kappa shape index (κ3) is 2.05. The van der Waals surface area contributed by atoms with E-state index in [0.29, 0.717) is 5.92 Å². The molecule has 0 aromatic carbocycles. The van der Waals surface area contributed by atoms with Crippen molar-refractivity contribution in [2.75, 3.05) is 0 Å². The molecule has 0 spiro atoms. The minimum absolute atomic E-state index is 0.0342. The summed E-state index contributed by atoms with van der Waals surface area (Å²) in [5.41, 5.74) is 0.886. The van der Waals surface area contributed by atoms with Crippen LogP contribution >= 0.6 is 22.6 Å². The third-order valence-corrected chi connectivity index (χ3v) is 2.16. The van der Waals surface area contributed by atoms with Crippen molar-refractivity contribution < 1.29 is 0 Å². The van der Waals surface area contributed by atoms with Crippen molar-refractivity contribution in [2.24, 2.45) is 0 Å². The summed E-state index contributed by atoms with van der Waals surface area (Å²) in [5.74, 6) is 0.302. The molecule has 0 atom stereocenters. The highest BCUT2D eigenvalue weighted by Crippen LogP contribution is 2.08. The fraction of sp³-hybridized carbons (Fsp3) is 0.375. The van der Waals surface area contributed by atoms with Crippen LogP contribution in [0.5, 0.6) is 0 Å². The highest BCUT2D eigenvalue weighted by Gasteiger charge is 2.03. The largest absolute Gasteiger partial charge is 0.317 e. The van der Waals surface area contributed by atoms with Crippen LogP contribution in [0.4, 0.5) is 0 Å². The second-order valence-corrected chi connectivity index (χ2v) is 3.91. The van der Waals surface area contributed by atoms with E-state index in [0.717, 1.165) is 9.26 Å². The maximum Gasteiger partial charge on any atom is 0.252 e. The van der Waals surface area contributed by atoms with E-state index in [4.69, 9.17) is 0 Å². The zero-order valence-electron chi connectivity index (χ0n) is 6.52. The molecule has 60 valence electrons. The van der Waals surface area contributed by atoms with E-state index in [1.54, 1.807) is 0 Å². The standard InChI is InChI=1S/C8H10INO/c1-5(2)6-3-4-7(9)10-8(6)11/h3-5H,1-2H3,(H,10,11). The van der Waals surface area contributed by atoms with Gasteiger partial charge >= 0.3 is 0 Å². The Morgan fingerprint density at radius 3 is 2.55 bits per heavy atom. The van der Waals surface area contributed by atoms with Crippen LogP contribution in [0.2, 0.25) is 0 Å². The van der Waals surface area contributed by atoms with E-state index in [9.17, 15) is 4.79 Å².